The van der Waals surface area contributed by atoms with E-state index in [1.807, 2.05) is 13.8 Å². The first-order chi connectivity index (χ1) is 8.02. The van der Waals surface area contributed by atoms with Crippen LogP contribution in [0.4, 0.5) is 4.39 Å². The molecular formula is C13H17BrFNO. The first-order valence-electron chi connectivity index (χ1n) is 5.67. The summed E-state index contributed by atoms with van der Waals surface area (Å²) in [5.74, 6) is -0.0270. The van der Waals surface area contributed by atoms with Crippen molar-refractivity contribution in [3.63, 3.8) is 0 Å². The molecule has 2 nitrogen and oxygen atoms in total. The van der Waals surface area contributed by atoms with Crippen LogP contribution in [-0.4, -0.2) is 17.3 Å². The van der Waals surface area contributed by atoms with Gasteiger partial charge in [0.05, 0.1) is 4.83 Å². The third-order valence-corrected chi connectivity index (χ3v) is 3.96. The van der Waals surface area contributed by atoms with Crippen LogP contribution in [0.1, 0.15) is 19.4 Å². The summed E-state index contributed by atoms with van der Waals surface area (Å²) in [6.45, 7) is 4.39. The van der Waals surface area contributed by atoms with Crippen molar-refractivity contribution >= 4 is 21.8 Å². The summed E-state index contributed by atoms with van der Waals surface area (Å²) in [5.41, 5.74) is 0.628. The number of nitrogens with one attached hydrogen (secondary N) is 1. The van der Waals surface area contributed by atoms with Crippen LogP contribution < -0.4 is 5.32 Å². The summed E-state index contributed by atoms with van der Waals surface area (Å²) in [7, 11) is 0. The van der Waals surface area contributed by atoms with E-state index in [0.29, 0.717) is 18.5 Å². The van der Waals surface area contributed by atoms with E-state index in [2.05, 4.69) is 21.2 Å². The Hall–Kier alpha value is -0.900. The van der Waals surface area contributed by atoms with Crippen LogP contribution in [-0.2, 0) is 11.2 Å². The molecule has 0 aliphatic heterocycles. The maximum absolute atomic E-state index is 13.3. The summed E-state index contributed by atoms with van der Waals surface area (Å²) in [6, 6.07) is 6.61. The Morgan fingerprint density at radius 1 is 1.41 bits per heavy atom. The molecule has 0 saturated heterocycles. The van der Waals surface area contributed by atoms with E-state index in [4.69, 9.17) is 0 Å². The van der Waals surface area contributed by atoms with Crippen LogP contribution in [0.5, 0.6) is 0 Å². The molecule has 0 heterocycles. The van der Waals surface area contributed by atoms with Gasteiger partial charge in [-0.15, -0.1) is 0 Å². The average Bonchev–Trinajstić information content (AvgIpc) is 2.30. The SMILES string of the molecule is CC(C)C(Br)C(=O)NCCc1ccccc1F. The number of alkyl halides is 1. The van der Waals surface area contributed by atoms with Gasteiger partial charge in [0.1, 0.15) is 5.82 Å². The van der Waals surface area contributed by atoms with Gasteiger partial charge in [0.2, 0.25) is 5.91 Å². The van der Waals surface area contributed by atoms with Crippen molar-refractivity contribution < 1.29 is 9.18 Å². The third kappa shape index (κ3) is 4.46. The number of hydrogen-bond donors (Lipinski definition) is 1. The van der Waals surface area contributed by atoms with Crippen molar-refractivity contribution in [2.45, 2.75) is 25.1 Å². The normalized spacial score (nSPS) is 12.5. The van der Waals surface area contributed by atoms with Gasteiger partial charge in [0.15, 0.2) is 0 Å². The zero-order valence-corrected chi connectivity index (χ0v) is 11.6. The highest BCUT2D eigenvalue weighted by molar-refractivity contribution is 9.10. The van der Waals surface area contributed by atoms with Crippen LogP contribution in [0.15, 0.2) is 24.3 Å². The number of carbonyl (C=O) groups is 1. The van der Waals surface area contributed by atoms with Crippen LogP contribution in [0.3, 0.4) is 0 Å². The van der Waals surface area contributed by atoms with Crippen molar-refractivity contribution in [1.29, 1.82) is 0 Å². The van der Waals surface area contributed by atoms with Gasteiger partial charge in [-0.1, -0.05) is 48.0 Å². The monoisotopic (exact) mass is 301 g/mol. The minimum Gasteiger partial charge on any atom is -0.355 e. The Morgan fingerprint density at radius 2 is 2.06 bits per heavy atom. The molecule has 1 rings (SSSR count). The maximum atomic E-state index is 13.3. The van der Waals surface area contributed by atoms with E-state index >= 15 is 0 Å². The van der Waals surface area contributed by atoms with Gasteiger partial charge in [-0.25, -0.2) is 4.39 Å². The van der Waals surface area contributed by atoms with Crippen LogP contribution in [0.2, 0.25) is 0 Å². The van der Waals surface area contributed by atoms with Crippen molar-refractivity contribution in [1.82, 2.24) is 5.32 Å². The van der Waals surface area contributed by atoms with Gasteiger partial charge in [-0.2, -0.15) is 0 Å². The first-order valence-corrected chi connectivity index (χ1v) is 6.59. The summed E-state index contributed by atoms with van der Waals surface area (Å²) in [6.07, 6.45) is 0.510. The fourth-order valence-electron chi connectivity index (χ4n) is 1.42. The van der Waals surface area contributed by atoms with E-state index in [0.717, 1.165) is 0 Å². The molecule has 4 heteroatoms. The number of benzene rings is 1. The Labute approximate surface area is 110 Å². The van der Waals surface area contributed by atoms with Gasteiger partial charge in [-0.05, 0) is 24.0 Å². The standard InChI is InChI=1S/C13H17BrFNO/c1-9(2)12(14)13(17)16-8-7-10-5-3-4-6-11(10)15/h3-6,9,12H,7-8H2,1-2H3,(H,16,17). The Morgan fingerprint density at radius 3 is 2.65 bits per heavy atom. The zero-order chi connectivity index (χ0) is 12.8. The molecular weight excluding hydrogens is 285 g/mol. The Bertz CT molecular complexity index is 381. The molecule has 1 atom stereocenters. The maximum Gasteiger partial charge on any atom is 0.234 e. The molecule has 1 unspecified atom stereocenters. The highest BCUT2D eigenvalue weighted by Crippen LogP contribution is 2.12. The lowest BCUT2D eigenvalue weighted by Gasteiger charge is -2.13. The van der Waals surface area contributed by atoms with E-state index in [1.165, 1.54) is 6.07 Å². The molecule has 0 spiro atoms. The van der Waals surface area contributed by atoms with E-state index in [-0.39, 0.29) is 22.5 Å². The summed E-state index contributed by atoms with van der Waals surface area (Å²) in [5, 5.41) is 2.79. The van der Waals surface area contributed by atoms with Crippen LogP contribution in [0, 0.1) is 11.7 Å². The fraction of sp³-hybridized carbons (Fsp3) is 0.462. The van der Waals surface area contributed by atoms with Gasteiger partial charge in [0, 0.05) is 6.54 Å². The Kier molecular flexibility index (Phi) is 5.62. The molecule has 1 N–H and O–H groups in total. The molecule has 0 radical (unpaired) electrons. The zero-order valence-electron chi connectivity index (χ0n) is 10.0. The number of hydrogen-bond acceptors (Lipinski definition) is 1. The molecule has 0 bridgehead atoms. The second kappa shape index (κ2) is 6.74. The van der Waals surface area contributed by atoms with Gasteiger partial charge >= 0.3 is 0 Å². The average molecular weight is 302 g/mol. The van der Waals surface area contributed by atoms with Gasteiger partial charge < -0.3 is 5.32 Å². The molecule has 1 aromatic rings. The fourth-order valence-corrected chi connectivity index (χ4v) is 1.58. The quantitative estimate of drug-likeness (QED) is 0.833. The molecule has 1 amide bonds. The molecule has 0 fully saturated rings. The summed E-state index contributed by atoms with van der Waals surface area (Å²) >= 11 is 3.32. The topological polar surface area (TPSA) is 29.1 Å². The lowest BCUT2D eigenvalue weighted by atomic mass is 10.1. The van der Waals surface area contributed by atoms with Crippen LogP contribution >= 0.6 is 15.9 Å². The molecule has 94 valence electrons. The number of halogens is 2. The van der Waals surface area contributed by atoms with E-state index < -0.39 is 0 Å². The minimum absolute atomic E-state index is 0.0451. The summed E-state index contributed by atoms with van der Waals surface area (Å²) in [4.78, 5) is 11.4. The summed E-state index contributed by atoms with van der Waals surface area (Å²) < 4.78 is 13.3. The van der Waals surface area contributed by atoms with Crippen molar-refractivity contribution in [2.24, 2.45) is 5.92 Å². The highest BCUT2D eigenvalue weighted by Gasteiger charge is 2.17. The number of amides is 1. The van der Waals surface area contributed by atoms with Crippen molar-refractivity contribution in [2.75, 3.05) is 6.54 Å². The molecule has 1 aromatic carbocycles. The van der Waals surface area contributed by atoms with Crippen molar-refractivity contribution in [3.8, 4) is 0 Å². The molecule has 0 saturated carbocycles. The second-order valence-electron chi connectivity index (χ2n) is 4.28. The Balaban J connectivity index is 2.38. The molecule has 0 aliphatic rings. The first kappa shape index (κ1) is 14.2. The van der Waals surface area contributed by atoms with Gasteiger partial charge in [0.25, 0.3) is 0 Å². The minimum atomic E-state index is -0.221. The second-order valence-corrected chi connectivity index (χ2v) is 5.26. The van der Waals surface area contributed by atoms with Crippen molar-refractivity contribution in [3.05, 3.63) is 35.6 Å². The van der Waals surface area contributed by atoms with E-state index in [9.17, 15) is 9.18 Å². The predicted octanol–water partition coefficient (Wildman–Crippen LogP) is 2.90. The number of carbonyl (C=O) groups excluding carboxylic acids is 1. The molecule has 17 heavy (non-hydrogen) atoms. The lowest BCUT2D eigenvalue weighted by molar-refractivity contribution is -0.121. The van der Waals surface area contributed by atoms with E-state index in [1.54, 1.807) is 18.2 Å². The highest BCUT2D eigenvalue weighted by atomic mass is 79.9. The molecule has 0 aromatic heterocycles. The smallest absolute Gasteiger partial charge is 0.234 e. The van der Waals surface area contributed by atoms with Crippen LogP contribution in [0.25, 0.3) is 0 Å². The molecule has 0 aliphatic carbocycles. The lowest BCUT2D eigenvalue weighted by Crippen LogP contribution is -2.35. The predicted molar refractivity (Wildman–Crippen MR) is 70.7 cm³/mol. The van der Waals surface area contributed by atoms with Gasteiger partial charge in [-0.3, -0.25) is 4.79 Å². The third-order valence-electron chi connectivity index (χ3n) is 2.49. The largest absolute Gasteiger partial charge is 0.355 e. The number of rotatable bonds is 5.